The summed E-state index contributed by atoms with van der Waals surface area (Å²) >= 11 is 0. The maximum atomic E-state index is 11.4. The van der Waals surface area contributed by atoms with Gasteiger partial charge < -0.3 is 15.2 Å². The van der Waals surface area contributed by atoms with Gasteiger partial charge in [0.2, 0.25) is 5.95 Å². The quantitative estimate of drug-likeness (QED) is 0.368. The van der Waals surface area contributed by atoms with Crippen molar-refractivity contribution >= 4 is 11.9 Å². The first-order chi connectivity index (χ1) is 18.0. The van der Waals surface area contributed by atoms with Crippen LogP contribution in [0.15, 0.2) is 48.8 Å². The second kappa shape index (κ2) is 10.7. The van der Waals surface area contributed by atoms with Crippen LogP contribution >= 0.6 is 0 Å². The fourth-order valence-electron chi connectivity index (χ4n) is 4.50. The van der Waals surface area contributed by atoms with E-state index < -0.39 is 5.97 Å². The van der Waals surface area contributed by atoms with Gasteiger partial charge in [-0.1, -0.05) is 11.3 Å². The van der Waals surface area contributed by atoms with E-state index in [0.29, 0.717) is 48.2 Å². The smallest absolute Gasteiger partial charge is 0.306 e. The summed E-state index contributed by atoms with van der Waals surface area (Å²) in [5.74, 6) is 0.0177. The molecule has 0 radical (unpaired) electrons. The molecule has 0 unspecified atom stereocenters. The molecule has 1 aliphatic rings. The first-order valence-corrected chi connectivity index (χ1v) is 12.2. The molecule has 0 aromatic carbocycles. The van der Waals surface area contributed by atoms with Gasteiger partial charge in [0.05, 0.1) is 47.0 Å². The van der Waals surface area contributed by atoms with Crippen molar-refractivity contribution in [3.8, 4) is 28.5 Å². The minimum atomic E-state index is -0.754. The van der Waals surface area contributed by atoms with Gasteiger partial charge in [0.1, 0.15) is 11.4 Å². The van der Waals surface area contributed by atoms with Gasteiger partial charge in [-0.25, -0.2) is 19.6 Å². The standard InChI is InChI=1S/C26H28N8O3/c1-16-23(37-18-7-5-6-17(14-18)25(35)36)10-9-21(30-16)24-22(34(2)33-32-24)15-29-26-28-13-11-20(31-26)19-8-3-4-12-27-19/h3-4,8-13,17-18H,5-7,14-15H2,1-2H3,(H,35,36)(H,28,29,31)/t17-,18-/m0/s1. The molecule has 1 fully saturated rings. The summed E-state index contributed by atoms with van der Waals surface area (Å²) in [6.45, 7) is 2.27. The van der Waals surface area contributed by atoms with E-state index in [9.17, 15) is 9.90 Å². The van der Waals surface area contributed by atoms with Crippen LogP contribution in [0.25, 0.3) is 22.8 Å². The van der Waals surface area contributed by atoms with Crippen LogP contribution in [0.3, 0.4) is 0 Å². The third-order valence-corrected chi connectivity index (χ3v) is 6.49. The number of carboxylic acid groups (broad SMARTS) is 1. The number of carbonyl (C=O) groups is 1. The first-order valence-electron chi connectivity index (χ1n) is 12.2. The normalized spacial score (nSPS) is 17.4. The predicted octanol–water partition coefficient (Wildman–Crippen LogP) is 3.67. The number of pyridine rings is 2. The Labute approximate surface area is 214 Å². The number of hydrogen-bond acceptors (Lipinski definition) is 9. The van der Waals surface area contributed by atoms with E-state index in [4.69, 9.17) is 9.72 Å². The average Bonchev–Trinajstić information content (AvgIpc) is 3.29. The zero-order valence-corrected chi connectivity index (χ0v) is 20.7. The van der Waals surface area contributed by atoms with Gasteiger partial charge in [-0.3, -0.25) is 9.78 Å². The van der Waals surface area contributed by atoms with Crippen LogP contribution in [0.5, 0.6) is 5.75 Å². The molecular formula is C26H28N8O3. The summed E-state index contributed by atoms with van der Waals surface area (Å²) in [5, 5.41) is 21.1. The number of aliphatic carboxylic acids is 1. The van der Waals surface area contributed by atoms with Crippen molar-refractivity contribution in [3.63, 3.8) is 0 Å². The molecule has 4 heterocycles. The van der Waals surface area contributed by atoms with Gasteiger partial charge in [0.15, 0.2) is 0 Å². The number of nitrogens with zero attached hydrogens (tertiary/aromatic N) is 7. The van der Waals surface area contributed by atoms with Crippen molar-refractivity contribution in [2.75, 3.05) is 5.32 Å². The monoisotopic (exact) mass is 500 g/mol. The number of aromatic nitrogens is 7. The lowest BCUT2D eigenvalue weighted by atomic mass is 9.87. The number of ether oxygens (including phenoxy) is 1. The molecule has 11 heteroatoms. The summed E-state index contributed by atoms with van der Waals surface area (Å²) < 4.78 is 7.84. The number of nitrogens with one attached hydrogen (secondary N) is 1. The predicted molar refractivity (Wildman–Crippen MR) is 136 cm³/mol. The molecule has 2 N–H and O–H groups in total. The van der Waals surface area contributed by atoms with Crippen molar-refractivity contribution in [1.82, 2.24) is 34.9 Å². The van der Waals surface area contributed by atoms with Crippen molar-refractivity contribution < 1.29 is 14.6 Å². The third kappa shape index (κ3) is 5.55. The van der Waals surface area contributed by atoms with Crippen LogP contribution in [-0.2, 0) is 18.4 Å². The second-order valence-electron chi connectivity index (χ2n) is 9.06. The number of carboxylic acids is 1. The minimum absolute atomic E-state index is 0.126. The molecule has 190 valence electrons. The Balaban J connectivity index is 1.30. The molecule has 4 aromatic heterocycles. The Morgan fingerprint density at radius 3 is 2.76 bits per heavy atom. The van der Waals surface area contributed by atoms with E-state index in [1.165, 1.54) is 0 Å². The zero-order valence-electron chi connectivity index (χ0n) is 20.7. The molecule has 1 aliphatic carbocycles. The van der Waals surface area contributed by atoms with Crippen LogP contribution in [0.1, 0.15) is 37.1 Å². The summed E-state index contributed by atoms with van der Waals surface area (Å²) in [5.41, 5.74) is 4.35. The maximum absolute atomic E-state index is 11.4. The van der Waals surface area contributed by atoms with E-state index in [1.54, 1.807) is 17.1 Å². The lowest BCUT2D eigenvalue weighted by Gasteiger charge is -2.27. The summed E-state index contributed by atoms with van der Waals surface area (Å²) in [7, 11) is 1.82. The number of aryl methyl sites for hydroxylation is 2. The van der Waals surface area contributed by atoms with Crippen LogP contribution in [0.4, 0.5) is 5.95 Å². The van der Waals surface area contributed by atoms with E-state index in [0.717, 1.165) is 29.9 Å². The minimum Gasteiger partial charge on any atom is -0.489 e. The van der Waals surface area contributed by atoms with Crippen LogP contribution in [0.2, 0.25) is 0 Å². The van der Waals surface area contributed by atoms with Crippen LogP contribution in [0, 0.1) is 12.8 Å². The van der Waals surface area contributed by atoms with Gasteiger partial charge >= 0.3 is 5.97 Å². The highest BCUT2D eigenvalue weighted by Gasteiger charge is 2.28. The lowest BCUT2D eigenvalue weighted by Crippen LogP contribution is -2.29. The molecule has 37 heavy (non-hydrogen) atoms. The molecule has 0 aliphatic heterocycles. The summed E-state index contributed by atoms with van der Waals surface area (Å²) in [6.07, 6.45) is 6.19. The van der Waals surface area contributed by atoms with Gasteiger partial charge in [-0.05, 0) is 62.9 Å². The van der Waals surface area contributed by atoms with Gasteiger partial charge in [-0.15, -0.1) is 5.10 Å². The molecule has 0 saturated heterocycles. The van der Waals surface area contributed by atoms with Crippen LogP contribution < -0.4 is 10.1 Å². The summed E-state index contributed by atoms with van der Waals surface area (Å²) in [4.78, 5) is 29.3. The van der Waals surface area contributed by atoms with E-state index >= 15 is 0 Å². The Morgan fingerprint density at radius 2 is 1.97 bits per heavy atom. The highest BCUT2D eigenvalue weighted by molar-refractivity contribution is 5.70. The molecule has 11 nitrogen and oxygen atoms in total. The average molecular weight is 501 g/mol. The molecule has 0 amide bonds. The summed E-state index contributed by atoms with van der Waals surface area (Å²) in [6, 6.07) is 11.2. The second-order valence-corrected chi connectivity index (χ2v) is 9.06. The van der Waals surface area contributed by atoms with E-state index in [-0.39, 0.29) is 12.0 Å². The highest BCUT2D eigenvalue weighted by Crippen LogP contribution is 2.30. The van der Waals surface area contributed by atoms with E-state index in [2.05, 4.69) is 30.6 Å². The van der Waals surface area contributed by atoms with Crippen LogP contribution in [-0.4, -0.2) is 52.1 Å². The van der Waals surface area contributed by atoms with Crippen molar-refractivity contribution in [2.45, 2.75) is 45.3 Å². The van der Waals surface area contributed by atoms with Crippen molar-refractivity contribution in [3.05, 3.63) is 60.2 Å². The number of hydrogen-bond donors (Lipinski definition) is 2. The molecule has 4 aromatic rings. The van der Waals surface area contributed by atoms with Gasteiger partial charge in [0, 0.05) is 19.4 Å². The SMILES string of the molecule is Cc1nc(-c2nnn(C)c2CNc2nccc(-c3ccccn3)n2)ccc1O[C@H]1CCC[C@H](C(=O)O)C1. The Kier molecular flexibility index (Phi) is 7.02. The number of anilines is 1. The first kappa shape index (κ1) is 24.3. The fourth-order valence-corrected chi connectivity index (χ4v) is 4.50. The van der Waals surface area contributed by atoms with Crippen molar-refractivity contribution in [1.29, 1.82) is 0 Å². The highest BCUT2D eigenvalue weighted by atomic mass is 16.5. The fraction of sp³-hybridized carbons (Fsp3) is 0.346. The van der Waals surface area contributed by atoms with Gasteiger partial charge in [0.25, 0.3) is 0 Å². The molecular weight excluding hydrogens is 472 g/mol. The molecule has 5 rings (SSSR count). The molecule has 2 atom stereocenters. The zero-order chi connectivity index (χ0) is 25.8. The van der Waals surface area contributed by atoms with Gasteiger partial charge in [-0.2, -0.15) is 0 Å². The largest absolute Gasteiger partial charge is 0.489 e. The molecule has 1 saturated carbocycles. The molecule has 0 spiro atoms. The van der Waals surface area contributed by atoms with E-state index in [1.807, 2.05) is 50.4 Å². The third-order valence-electron chi connectivity index (χ3n) is 6.49. The Morgan fingerprint density at radius 1 is 1.08 bits per heavy atom. The lowest BCUT2D eigenvalue weighted by molar-refractivity contribution is -0.143. The maximum Gasteiger partial charge on any atom is 0.306 e. The van der Waals surface area contributed by atoms with Crippen molar-refractivity contribution in [2.24, 2.45) is 13.0 Å². The molecule has 0 bridgehead atoms. The number of rotatable bonds is 8. The topological polar surface area (TPSA) is 141 Å². The Hall–Kier alpha value is -4.41. The Bertz CT molecular complexity index is 1390.